The Balaban J connectivity index is 1.76. The van der Waals surface area contributed by atoms with Crippen molar-refractivity contribution in [3.8, 4) is 11.5 Å². The highest BCUT2D eigenvalue weighted by Gasteiger charge is 2.26. The van der Waals surface area contributed by atoms with Gasteiger partial charge in [-0.15, -0.1) is 0 Å². The molecule has 0 atom stereocenters. The van der Waals surface area contributed by atoms with E-state index in [1.165, 1.54) is 6.42 Å². The Morgan fingerprint density at radius 1 is 1.12 bits per heavy atom. The van der Waals surface area contributed by atoms with Crippen LogP contribution in [-0.2, 0) is 6.54 Å². The Labute approximate surface area is 154 Å². The summed E-state index contributed by atoms with van der Waals surface area (Å²) in [5.41, 5.74) is 1.50. The normalized spacial score (nSPS) is 14.7. The zero-order valence-electron chi connectivity index (χ0n) is 15.1. The van der Waals surface area contributed by atoms with Crippen molar-refractivity contribution in [3.63, 3.8) is 0 Å². The second-order valence-electron chi connectivity index (χ2n) is 6.71. The average molecular weight is 354 g/mol. The van der Waals surface area contributed by atoms with Gasteiger partial charge < -0.3 is 20.1 Å². The van der Waals surface area contributed by atoms with E-state index in [4.69, 9.17) is 4.74 Å². The second kappa shape index (κ2) is 8.61. The number of carbonyl (C=O) groups is 1. The highest BCUT2D eigenvalue weighted by molar-refractivity contribution is 5.89. The summed E-state index contributed by atoms with van der Waals surface area (Å²) in [5.74, 6) is 0.979. The molecule has 1 aliphatic carbocycles. The topological polar surface area (TPSA) is 61.8 Å². The number of benzene rings is 2. The van der Waals surface area contributed by atoms with Gasteiger partial charge in [-0.05, 0) is 43.2 Å². The average Bonchev–Trinajstić information content (AvgIpc) is 2.68. The quantitative estimate of drug-likeness (QED) is 0.813. The van der Waals surface area contributed by atoms with Gasteiger partial charge in [0, 0.05) is 17.3 Å². The molecule has 2 N–H and O–H groups in total. The number of urea groups is 1. The third kappa shape index (κ3) is 4.48. The van der Waals surface area contributed by atoms with Crippen molar-refractivity contribution in [2.75, 3.05) is 12.4 Å². The first-order valence-corrected chi connectivity index (χ1v) is 9.16. The summed E-state index contributed by atoms with van der Waals surface area (Å²) < 4.78 is 5.16. The van der Waals surface area contributed by atoms with Crippen LogP contribution in [0.3, 0.4) is 0 Å². The molecule has 5 heteroatoms. The van der Waals surface area contributed by atoms with Crippen LogP contribution in [0.25, 0.3) is 0 Å². The van der Waals surface area contributed by atoms with E-state index in [-0.39, 0.29) is 17.8 Å². The highest BCUT2D eigenvalue weighted by atomic mass is 16.5. The van der Waals surface area contributed by atoms with Gasteiger partial charge in [-0.3, -0.25) is 0 Å². The molecule has 0 bridgehead atoms. The van der Waals surface area contributed by atoms with Gasteiger partial charge in [-0.25, -0.2) is 4.79 Å². The zero-order chi connectivity index (χ0) is 18.4. The van der Waals surface area contributed by atoms with Gasteiger partial charge in [0.2, 0.25) is 0 Å². The number of nitrogens with one attached hydrogen (secondary N) is 1. The molecule has 0 saturated heterocycles. The van der Waals surface area contributed by atoms with Crippen LogP contribution in [-0.4, -0.2) is 29.2 Å². The lowest BCUT2D eigenvalue weighted by Gasteiger charge is -2.34. The maximum absolute atomic E-state index is 13.0. The third-order valence-corrected chi connectivity index (χ3v) is 4.95. The van der Waals surface area contributed by atoms with E-state index < -0.39 is 0 Å². The van der Waals surface area contributed by atoms with Crippen LogP contribution in [0.4, 0.5) is 10.5 Å². The molecule has 0 heterocycles. The van der Waals surface area contributed by atoms with Crippen molar-refractivity contribution in [2.45, 2.75) is 44.7 Å². The molecule has 0 aliphatic heterocycles. The van der Waals surface area contributed by atoms with E-state index in [9.17, 15) is 9.90 Å². The molecule has 0 unspecified atom stereocenters. The lowest BCUT2D eigenvalue weighted by molar-refractivity contribution is 0.162. The number of anilines is 1. The number of nitrogens with zero attached hydrogens (tertiary/aromatic N) is 1. The fraction of sp³-hybridized carbons (Fsp3) is 0.381. The molecule has 2 aromatic carbocycles. The predicted molar refractivity (Wildman–Crippen MR) is 103 cm³/mol. The SMILES string of the molecule is COc1ccc(NC(=O)N(Cc2ccccc2O)C2CCCCC2)cc1. The number of rotatable bonds is 5. The van der Waals surface area contributed by atoms with Gasteiger partial charge in [-0.2, -0.15) is 0 Å². The van der Waals surface area contributed by atoms with Crippen molar-refractivity contribution in [2.24, 2.45) is 0 Å². The molecular formula is C21H26N2O3. The molecule has 3 rings (SSSR count). The summed E-state index contributed by atoms with van der Waals surface area (Å²) in [5, 5.41) is 13.1. The van der Waals surface area contributed by atoms with Gasteiger partial charge in [0.15, 0.2) is 0 Å². The van der Waals surface area contributed by atoms with Gasteiger partial charge in [-0.1, -0.05) is 37.5 Å². The Hall–Kier alpha value is -2.69. The lowest BCUT2D eigenvalue weighted by Crippen LogP contribution is -2.43. The predicted octanol–water partition coefficient (Wildman–Crippen LogP) is 4.77. The number of phenolic OH excluding ortho intramolecular Hbond substituents is 1. The van der Waals surface area contributed by atoms with Crippen molar-refractivity contribution >= 4 is 11.7 Å². The van der Waals surface area contributed by atoms with Crippen LogP contribution in [0.2, 0.25) is 0 Å². The monoisotopic (exact) mass is 354 g/mol. The van der Waals surface area contributed by atoms with E-state index in [1.54, 1.807) is 19.2 Å². The molecule has 0 aromatic heterocycles. The van der Waals surface area contributed by atoms with E-state index in [1.807, 2.05) is 41.3 Å². The first-order valence-electron chi connectivity index (χ1n) is 9.16. The minimum absolute atomic E-state index is 0.134. The summed E-state index contributed by atoms with van der Waals surface area (Å²) in [6, 6.07) is 14.6. The molecule has 1 fully saturated rings. The number of ether oxygens (including phenoxy) is 1. The largest absolute Gasteiger partial charge is 0.508 e. The van der Waals surface area contributed by atoms with Crippen LogP contribution < -0.4 is 10.1 Å². The molecule has 5 nitrogen and oxygen atoms in total. The zero-order valence-corrected chi connectivity index (χ0v) is 15.1. The summed E-state index contributed by atoms with van der Waals surface area (Å²) in [4.78, 5) is 14.8. The first-order chi connectivity index (χ1) is 12.7. The molecule has 1 saturated carbocycles. The van der Waals surface area contributed by atoms with Crippen molar-refractivity contribution < 1.29 is 14.6 Å². The second-order valence-corrected chi connectivity index (χ2v) is 6.71. The van der Waals surface area contributed by atoms with Crippen LogP contribution in [0.15, 0.2) is 48.5 Å². The summed E-state index contributed by atoms with van der Waals surface area (Å²) >= 11 is 0. The molecule has 0 radical (unpaired) electrons. The third-order valence-electron chi connectivity index (χ3n) is 4.95. The van der Waals surface area contributed by atoms with Crippen LogP contribution >= 0.6 is 0 Å². The van der Waals surface area contributed by atoms with E-state index in [0.717, 1.165) is 42.7 Å². The maximum Gasteiger partial charge on any atom is 0.322 e. The van der Waals surface area contributed by atoms with Gasteiger partial charge in [0.05, 0.1) is 13.7 Å². The van der Waals surface area contributed by atoms with E-state index >= 15 is 0 Å². The van der Waals surface area contributed by atoms with Gasteiger partial charge >= 0.3 is 6.03 Å². The molecule has 26 heavy (non-hydrogen) atoms. The molecule has 2 amide bonds. The van der Waals surface area contributed by atoms with Crippen molar-refractivity contribution in [3.05, 3.63) is 54.1 Å². The summed E-state index contributed by atoms with van der Waals surface area (Å²) in [6.45, 7) is 0.402. The van der Waals surface area contributed by atoms with Crippen LogP contribution in [0.5, 0.6) is 11.5 Å². The first kappa shape index (κ1) is 18.1. The minimum Gasteiger partial charge on any atom is -0.508 e. The molecule has 0 spiro atoms. The van der Waals surface area contributed by atoms with Crippen molar-refractivity contribution in [1.82, 2.24) is 4.90 Å². The number of aromatic hydroxyl groups is 1. The Morgan fingerprint density at radius 2 is 1.81 bits per heavy atom. The number of para-hydroxylation sites is 1. The van der Waals surface area contributed by atoms with Gasteiger partial charge in [0.25, 0.3) is 0 Å². The van der Waals surface area contributed by atoms with E-state index in [0.29, 0.717) is 6.54 Å². The number of hydrogen-bond donors (Lipinski definition) is 2. The summed E-state index contributed by atoms with van der Waals surface area (Å²) in [6.07, 6.45) is 5.50. The number of amides is 2. The fourth-order valence-corrected chi connectivity index (χ4v) is 3.46. The lowest BCUT2D eigenvalue weighted by atomic mass is 9.94. The Kier molecular flexibility index (Phi) is 6.00. The van der Waals surface area contributed by atoms with E-state index in [2.05, 4.69) is 5.32 Å². The molecule has 2 aromatic rings. The molecule has 1 aliphatic rings. The maximum atomic E-state index is 13.0. The molecular weight excluding hydrogens is 328 g/mol. The number of carbonyl (C=O) groups excluding carboxylic acids is 1. The number of phenols is 1. The standard InChI is InChI=1S/C21H26N2O3/c1-26-19-13-11-17(12-14-19)22-21(25)23(18-8-3-2-4-9-18)15-16-7-5-6-10-20(16)24/h5-7,10-14,18,24H,2-4,8-9,15H2,1H3,(H,22,25). The van der Waals surface area contributed by atoms with Gasteiger partial charge in [0.1, 0.15) is 11.5 Å². The smallest absolute Gasteiger partial charge is 0.322 e. The number of hydrogen-bond acceptors (Lipinski definition) is 3. The summed E-state index contributed by atoms with van der Waals surface area (Å²) in [7, 11) is 1.62. The Bertz CT molecular complexity index is 724. The molecule has 138 valence electrons. The van der Waals surface area contributed by atoms with Crippen LogP contribution in [0.1, 0.15) is 37.7 Å². The van der Waals surface area contributed by atoms with Crippen molar-refractivity contribution in [1.29, 1.82) is 0 Å². The Morgan fingerprint density at radius 3 is 2.46 bits per heavy atom. The minimum atomic E-state index is -0.134. The number of methoxy groups -OCH3 is 1. The highest BCUT2D eigenvalue weighted by Crippen LogP contribution is 2.27. The van der Waals surface area contributed by atoms with Crippen LogP contribution in [0, 0.1) is 0 Å². The fourth-order valence-electron chi connectivity index (χ4n) is 3.46.